The number of pyridine rings is 1. The molecule has 2 atom stereocenters. The van der Waals surface area contributed by atoms with Crippen LogP contribution in [-0.2, 0) is 0 Å². The van der Waals surface area contributed by atoms with Crippen LogP contribution in [0.4, 0.5) is 14.6 Å². The quantitative estimate of drug-likeness (QED) is 0.894. The van der Waals surface area contributed by atoms with E-state index in [4.69, 9.17) is 10.5 Å². The van der Waals surface area contributed by atoms with Crippen molar-refractivity contribution in [2.24, 2.45) is 11.3 Å². The maximum atomic E-state index is 13.6. The predicted octanol–water partition coefficient (Wildman–Crippen LogP) is 3.54. The van der Waals surface area contributed by atoms with Crippen LogP contribution < -0.4 is 10.5 Å². The highest BCUT2D eigenvalue weighted by Crippen LogP contribution is 2.40. The molecule has 0 aliphatic heterocycles. The third-order valence-electron chi connectivity index (χ3n) is 3.55. The van der Waals surface area contributed by atoms with Crippen molar-refractivity contribution in [2.75, 3.05) is 5.73 Å². The maximum absolute atomic E-state index is 13.6. The summed E-state index contributed by atoms with van der Waals surface area (Å²) in [6, 6.07) is 0.717. The fraction of sp³-hybridized carbons (Fsp3) is 0.643. The van der Waals surface area contributed by atoms with Crippen molar-refractivity contribution in [3.05, 3.63) is 17.7 Å². The van der Waals surface area contributed by atoms with Gasteiger partial charge in [0.15, 0.2) is 17.5 Å². The van der Waals surface area contributed by atoms with E-state index in [-0.39, 0.29) is 23.2 Å². The molecule has 19 heavy (non-hydrogen) atoms. The first-order chi connectivity index (χ1) is 8.77. The summed E-state index contributed by atoms with van der Waals surface area (Å²) in [6.07, 6.45) is 2.69. The Labute approximate surface area is 112 Å². The molecule has 1 aliphatic rings. The van der Waals surface area contributed by atoms with Crippen molar-refractivity contribution < 1.29 is 13.5 Å². The molecule has 2 N–H and O–H groups in total. The van der Waals surface area contributed by atoms with Crippen molar-refractivity contribution in [2.45, 2.75) is 46.1 Å². The number of nitrogens with zero attached hydrogens (tertiary/aromatic N) is 1. The second kappa shape index (κ2) is 4.94. The molecule has 1 fully saturated rings. The van der Waals surface area contributed by atoms with Crippen molar-refractivity contribution in [3.63, 3.8) is 0 Å². The molecule has 1 aromatic rings. The van der Waals surface area contributed by atoms with Crippen molar-refractivity contribution >= 4 is 5.82 Å². The molecule has 0 bridgehead atoms. The number of anilines is 1. The molecule has 0 radical (unpaired) electrons. The molecule has 0 amide bonds. The van der Waals surface area contributed by atoms with E-state index in [9.17, 15) is 8.78 Å². The smallest absolute Gasteiger partial charge is 0.252 e. The zero-order valence-electron chi connectivity index (χ0n) is 11.5. The molecule has 106 valence electrons. The predicted molar refractivity (Wildman–Crippen MR) is 69.8 cm³/mol. The highest BCUT2D eigenvalue weighted by atomic mass is 19.1. The Balaban J connectivity index is 2.15. The summed E-state index contributed by atoms with van der Waals surface area (Å²) in [7, 11) is 0. The zero-order chi connectivity index (χ0) is 14.2. The second-order valence-corrected chi connectivity index (χ2v) is 6.30. The topological polar surface area (TPSA) is 48.1 Å². The van der Waals surface area contributed by atoms with E-state index in [2.05, 4.69) is 25.8 Å². The first-order valence-electron chi connectivity index (χ1n) is 6.55. The third-order valence-corrected chi connectivity index (χ3v) is 3.55. The van der Waals surface area contributed by atoms with Crippen LogP contribution in [0.25, 0.3) is 0 Å². The van der Waals surface area contributed by atoms with Crippen LogP contribution in [-0.4, -0.2) is 11.1 Å². The summed E-state index contributed by atoms with van der Waals surface area (Å²) in [4.78, 5) is 3.64. The fourth-order valence-electron chi connectivity index (χ4n) is 3.05. The van der Waals surface area contributed by atoms with Crippen LogP contribution in [0.15, 0.2) is 6.07 Å². The maximum Gasteiger partial charge on any atom is 0.252 e. The summed E-state index contributed by atoms with van der Waals surface area (Å²) in [5.41, 5.74) is 5.50. The summed E-state index contributed by atoms with van der Waals surface area (Å²) in [6.45, 7) is 6.49. The van der Waals surface area contributed by atoms with E-state index >= 15 is 0 Å². The van der Waals surface area contributed by atoms with Crippen LogP contribution >= 0.6 is 0 Å². The van der Waals surface area contributed by atoms with Crippen molar-refractivity contribution in [1.29, 1.82) is 0 Å². The van der Waals surface area contributed by atoms with Gasteiger partial charge in [0, 0.05) is 6.07 Å². The van der Waals surface area contributed by atoms with Crippen LogP contribution in [0.5, 0.6) is 5.88 Å². The monoisotopic (exact) mass is 270 g/mol. The van der Waals surface area contributed by atoms with E-state index in [0.29, 0.717) is 5.92 Å². The van der Waals surface area contributed by atoms with Gasteiger partial charge in [0.2, 0.25) is 0 Å². The number of ether oxygens (including phenoxy) is 1. The minimum Gasteiger partial charge on any atom is -0.472 e. The first-order valence-corrected chi connectivity index (χ1v) is 6.55. The average molecular weight is 270 g/mol. The molecule has 1 heterocycles. The minimum absolute atomic E-state index is 0.106. The summed E-state index contributed by atoms with van der Waals surface area (Å²) < 4.78 is 32.2. The first kappa shape index (κ1) is 14.0. The lowest BCUT2D eigenvalue weighted by atomic mass is 9.71. The van der Waals surface area contributed by atoms with Crippen molar-refractivity contribution in [1.82, 2.24) is 4.98 Å². The largest absolute Gasteiger partial charge is 0.472 e. The normalized spacial score (nSPS) is 26.2. The minimum atomic E-state index is -0.859. The van der Waals surface area contributed by atoms with E-state index in [0.717, 1.165) is 25.3 Å². The van der Waals surface area contributed by atoms with Gasteiger partial charge in [-0.05, 0) is 30.6 Å². The van der Waals surface area contributed by atoms with Gasteiger partial charge < -0.3 is 10.5 Å². The number of hydrogen-bond acceptors (Lipinski definition) is 3. The molecule has 1 aromatic heterocycles. The Kier molecular flexibility index (Phi) is 3.65. The van der Waals surface area contributed by atoms with Crippen molar-refractivity contribution in [3.8, 4) is 5.88 Å². The molecule has 5 heteroatoms. The highest BCUT2D eigenvalue weighted by Gasteiger charge is 2.33. The fourth-order valence-corrected chi connectivity index (χ4v) is 3.05. The van der Waals surface area contributed by atoms with Gasteiger partial charge in [-0.2, -0.15) is 4.98 Å². The Morgan fingerprint density at radius 3 is 2.63 bits per heavy atom. The number of nitrogen functional groups attached to an aromatic ring is 1. The third kappa shape index (κ3) is 3.33. The molecule has 1 aliphatic carbocycles. The molecule has 2 unspecified atom stereocenters. The van der Waals surface area contributed by atoms with Gasteiger partial charge in [0.1, 0.15) is 6.10 Å². The molecular formula is C14H20F2N2O. The van der Waals surface area contributed by atoms with Crippen LogP contribution in [0.1, 0.15) is 40.0 Å². The number of aromatic nitrogens is 1. The van der Waals surface area contributed by atoms with E-state index in [1.807, 2.05) is 0 Å². The van der Waals surface area contributed by atoms with Gasteiger partial charge in [-0.15, -0.1) is 0 Å². The Morgan fingerprint density at radius 1 is 1.32 bits per heavy atom. The van der Waals surface area contributed by atoms with E-state index < -0.39 is 11.6 Å². The Bertz CT molecular complexity index is 477. The number of nitrogens with two attached hydrogens (primary N) is 1. The van der Waals surface area contributed by atoms with Gasteiger partial charge in [0.25, 0.3) is 5.88 Å². The number of halogens is 2. The van der Waals surface area contributed by atoms with Gasteiger partial charge in [0.05, 0.1) is 0 Å². The van der Waals surface area contributed by atoms with Gasteiger partial charge >= 0.3 is 0 Å². The lowest BCUT2D eigenvalue weighted by molar-refractivity contribution is 0.0503. The highest BCUT2D eigenvalue weighted by molar-refractivity contribution is 5.34. The standard InChI is InChI=1S/C14H20F2N2O/c1-8-4-9(7-14(2,3)6-8)19-13-11(16)5-10(15)12(17)18-13/h5,8-9H,4,6-7H2,1-3H3,(H2,17,18). The summed E-state index contributed by atoms with van der Waals surface area (Å²) >= 11 is 0. The molecule has 0 saturated heterocycles. The number of hydrogen-bond donors (Lipinski definition) is 1. The molecule has 1 saturated carbocycles. The average Bonchev–Trinajstić information content (AvgIpc) is 2.22. The van der Waals surface area contributed by atoms with Crippen LogP contribution in [0.2, 0.25) is 0 Å². The Morgan fingerprint density at radius 2 is 2.00 bits per heavy atom. The number of rotatable bonds is 2. The van der Waals surface area contributed by atoms with Crippen LogP contribution in [0.3, 0.4) is 0 Å². The summed E-state index contributed by atoms with van der Waals surface area (Å²) in [5.74, 6) is -1.69. The molecule has 3 nitrogen and oxygen atoms in total. The van der Waals surface area contributed by atoms with E-state index in [1.165, 1.54) is 0 Å². The summed E-state index contributed by atoms with van der Waals surface area (Å²) in [5, 5.41) is 0. The lowest BCUT2D eigenvalue weighted by Crippen LogP contribution is -2.34. The molecule has 0 aromatic carbocycles. The van der Waals surface area contributed by atoms with Gasteiger partial charge in [-0.3, -0.25) is 0 Å². The molecular weight excluding hydrogens is 250 g/mol. The van der Waals surface area contributed by atoms with Crippen LogP contribution in [0, 0.1) is 23.0 Å². The van der Waals surface area contributed by atoms with Gasteiger partial charge in [-0.25, -0.2) is 8.78 Å². The second-order valence-electron chi connectivity index (χ2n) is 6.30. The molecule has 0 spiro atoms. The SMILES string of the molecule is CC1CC(Oc2nc(N)c(F)cc2F)CC(C)(C)C1. The Hall–Kier alpha value is -1.39. The molecule has 2 rings (SSSR count). The van der Waals surface area contributed by atoms with E-state index in [1.54, 1.807) is 0 Å². The van der Waals surface area contributed by atoms with Gasteiger partial charge in [-0.1, -0.05) is 20.8 Å². The lowest BCUT2D eigenvalue weighted by Gasteiger charge is -2.38. The zero-order valence-corrected chi connectivity index (χ0v) is 11.5.